The van der Waals surface area contributed by atoms with Crippen LogP contribution in [0.15, 0.2) is 45.8 Å². The van der Waals surface area contributed by atoms with Crippen LogP contribution in [0.4, 0.5) is 0 Å². The largest absolute Gasteiger partial charge is 0.497 e. The van der Waals surface area contributed by atoms with Crippen molar-refractivity contribution in [3.05, 3.63) is 46.8 Å². The van der Waals surface area contributed by atoms with Crippen molar-refractivity contribution < 1.29 is 113 Å². The summed E-state index contributed by atoms with van der Waals surface area (Å²) in [6.45, 7) is 1.49. The van der Waals surface area contributed by atoms with Crippen molar-refractivity contribution in [3.8, 4) is 34.1 Å². The van der Waals surface area contributed by atoms with E-state index in [0.29, 0.717) is 11.3 Å². The topological polar surface area (TPSA) is 354 Å². The highest BCUT2D eigenvalue weighted by Crippen LogP contribution is 2.44. The Hall–Kier alpha value is -3.87. The second-order valence-electron chi connectivity index (χ2n) is 16.3. The van der Waals surface area contributed by atoms with Crippen LogP contribution in [-0.2, 0) is 33.2 Å². The second kappa shape index (κ2) is 20.8. The van der Waals surface area contributed by atoms with Gasteiger partial charge in [0.05, 0.1) is 52.3 Å². The Labute approximate surface area is 375 Å². The summed E-state index contributed by atoms with van der Waals surface area (Å²) >= 11 is 0. The van der Waals surface area contributed by atoms with Crippen LogP contribution in [0, 0.1) is 0 Å². The van der Waals surface area contributed by atoms with E-state index in [0.717, 1.165) is 0 Å². The first-order valence-corrected chi connectivity index (χ1v) is 20.9. The number of hydrogen-bond donors (Lipinski definition) is 11. The van der Waals surface area contributed by atoms with E-state index < -0.39 is 141 Å². The standard InChI is InChI=1S/C42H56O24/c1-14-24(43)29(48)32(51)39(61-14)59-12-21-27(46)31(50)34(53)41(64-21)66-38-28(47)22(13-60-40-33(52)30(49)25(44)15(2)62-40)65-42(35(38)54)63-20-10-19-23(37(57-5)36(20)56-4)26(45)18(11-58-19)16-6-8-17(55-3)9-7-16/h6-11,14-15,21-22,24-25,27-35,38-44,46-54H,12-13H2,1-5H3. The van der Waals surface area contributed by atoms with Crippen molar-refractivity contribution in [2.24, 2.45) is 0 Å². The molecule has 0 aliphatic carbocycles. The minimum atomic E-state index is -2.04. The lowest BCUT2D eigenvalue weighted by atomic mass is 9.96. The lowest BCUT2D eigenvalue weighted by Gasteiger charge is -2.47. The molecule has 20 atom stereocenters. The number of rotatable bonds is 14. The molecule has 0 spiro atoms. The SMILES string of the molecule is COc1ccc(-c2coc3cc(OC4OC(COC5OC(C)C(O)C(O)C5O)C(O)C(OC5OC(COC6OC(C)C(O)C(O)C6O)C(O)C(O)C5O)C4O)c(OC)c(OC)c3c2=O)cc1. The first kappa shape index (κ1) is 50.0. The normalized spacial score (nSPS) is 39.6. The maximum Gasteiger partial charge on any atom is 0.229 e. The molecule has 11 N–H and O–H groups in total. The van der Waals surface area contributed by atoms with Crippen molar-refractivity contribution in [2.45, 2.75) is 137 Å². The Bertz CT molecular complexity index is 2140. The number of fused-ring (bicyclic) bond motifs is 1. The van der Waals surface area contributed by atoms with Gasteiger partial charge in [0.15, 0.2) is 30.4 Å². The van der Waals surface area contributed by atoms with Gasteiger partial charge in [-0.3, -0.25) is 4.79 Å². The highest BCUT2D eigenvalue weighted by atomic mass is 16.8. The van der Waals surface area contributed by atoms with Gasteiger partial charge in [0.2, 0.25) is 17.5 Å². The Morgan fingerprint density at radius 2 is 1.06 bits per heavy atom. The van der Waals surface area contributed by atoms with Gasteiger partial charge in [0, 0.05) is 6.07 Å². The molecular weight excluding hydrogens is 888 g/mol. The molecular formula is C42H56O24. The van der Waals surface area contributed by atoms with E-state index in [-0.39, 0.29) is 33.8 Å². The predicted octanol–water partition coefficient (Wildman–Crippen LogP) is -3.81. The van der Waals surface area contributed by atoms with Crippen LogP contribution in [0.2, 0.25) is 0 Å². The van der Waals surface area contributed by atoms with Crippen molar-refractivity contribution in [1.29, 1.82) is 0 Å². The molecule has 7 rings (SSSR count). The number of benzene rings is 2. The molecule has 66 heavy (non-hydrogen) atoms. The van der Waals surface area contributed by atoms with Crippen LogP contribution < -0.4 is 24.4 Å². The summed E-state index contributed by atoms with van der Waals surface area (Å²) in [7, 11) is 4.00. The minimum absolute atomic E-state index is 0.0498. The summed E-state index contributed by atoms with van der Waals surface area (Å²) in [6.07, 6.45) is -32.4. The third-order valence-corrected chi connectivity index (χ3v) is 12.1. The molecule has 4 fully saturated rings. The smallest absolute Gasteiger partial charge is 0.229 e. The van der Waals surface area contributed by atoms with Gasteiger partial charge in [0.25, 0.3) is 0 Å². The van der Waals surface area contributed by atoms with Crippen LogP contribution in [0.1, 0.15) is 13.8 Å². The Balaban J connectivity index is 1.17. The van der Waals surface area contributed by atoms with Crippen LogP contribution in [-0.4, -0.2) is 214 Å². The zero-order valence-electron chi connectivity index (χ0n) is 36.2. The molecule has 5 heterocycles. The third-order valence-electron chi connectivity index (χ3n) is 12.1. The van der Waals surface area contributed by atoms with Gasteiger partial charge in [-0.1, -0.05) is 12.1 Å². The lowest BCUT2D eigenvalue weighted by Crippen LogP contribution is -2.66. The Morgan fingerprint density at radius 1 is 0.545 bits per heavy atom. The lowest BCUT2D eigenvalue weighted by molar-refractivity contribution is -0.363. The van der Waals surface area contributed by atoms with E-state index in [1.807, 2.05) is 0 Å². The summed E-state index contributed by atoms with van der Waals surface area (Å²) in [5.41, 5.74) is 0.0838. The summed E-state index contributed by atoms with van der Waals surface area (Å²) in [5.74, 6) is 0.00247. The van der Waals surface area contributed by atoms with Gasteiger partial charge >= 0.3 is 0 Å². The highest BCUT2D eigenvalue weighted by molar-refractivity contribution is 5.91. The molecule has 24 heteroatoms. The number of hydrogen-bond acceptors (Lipinski definition) is 24. The van der Waals surface area contributed by atoms with E-state index in [1.54, 1.807) is 24.3 Å². The first-order valence-electron chi connectivity index (χ1n) is 20.9. The van der Waals surface area contributed by atoms with Crippen molar-refractivity contribution in [3.63, 3.8) is 0 Å². The Kier molecular flexibility index (Phi) is 15.7. The molecule has 0 saturated carbocycles. The van der Waals surface area contributed by atoms with Crippen LogP contribution in [0.5, 0.6) is 23.0 Å². The van der Waals surface area contributed by atoms with E-state index in [1.165, 1.54) is 47.5 Å². The number of methoxy groups -OCH3 is 3. The fraction of sp³-hybridized carbons (Fsp3) is 0.643. The quantitative estimate of drug-likeness (QED) is 0.0738. The zero-order chi connectivity index (χ0) is 47.9. The van der Waals surface area contributed by atoms with Gasteiger partial charge in [-0.2, -0.15) is 0 Å². The molecule has 20 unspecified atom stereocenters. The van der Waals surface area contributed by atoms with E-state index in [9.17, 15) is 61.0 Å². The van der Waals surface area contributed by atoms with Crippen molar-refractivity contribution >= 4 is 11.0 Å². The highest BCUT2D eigenvalue weighted by Gasteiger charge is 2.53. The maximum atomic E-state index is 14.0. The van der Waals surface area contributed by atoms with Gasteiger partial charge in [-0.15, -0.1) is 0 Å². The number of aliphatic hydroxyl groups excluding tert-OH is 11. The predicted molar refractivity (Wildman–Crippen MR) is 217 cm³/mol. The van der Waals surface area contributed by atoms with E-state index in [4.69, 9.17) is 56.5 Å². The molecule has 3 aromatic rings. The van der Waals surface area contributed by atoms with Gasteiger partial charge < -0.3 is 113 Å². The van der Waals surface area contributed by atoms with Crippen LogP contribution >= 0.6 is 0 Å². The van der Waals surface area contributed by atoms with E-state index >= 15 is 0 Å². The number of aliphatic hydroxyl groups is 11. The minimum Gasteiger partial charge on any atom is -0.497 e. The molecule has 1 aromatic heterocycles. The number of ether oxygens (including phenoxy) is 11. The fourth-order valence-electron chi connectivity index (χ4n) is 8.08. The second-order valence-corrected chi connectivity index (χ2v) is 16.3. The summed E-state index contributed by atoms with van der Waals surface area (Å²) < 4.78 is 68.5. The zero-order valence-corrected chi connectivity index (χ0v) is 36.2. The molecule has 4 aliphatic rings. The Morgan fingerprint density at radius 3 is 1.61 bits per heavy atom. The third kappa shape index (κ3) is 9.71. The van der Waals surface area contributed by atoms with E-state index in [2.05, 4.69) is 0 Å². The molecule has 0 amide bonds. The average molecular weight is 945 g/mol. The molecule has 2 aromatic carbocycles. The van der Waals surface area contributed by atoms with Gasteiger partial charge in [-0.05, 0) is 31.5 Å². The summed E-state index contributed by atoms with van der Waals surface area (Å²) in [5, 5.41) is 118. The first-order chi connectivity index (χ1) is 31.4. The molecule has 0 radical (unpaired) electrons. The monoisotopic (exact) mass is 944 g/mol. The molecule has 4 aliphatic heterocycles. The van der Waals surface area contributed by atoms with Crippen molar-refractivity contribution in [2.75, 3.05) is 34.5 Å². The fourth-order valence-corrected chi connectivity index (χ4v) is 8.08. The molecule has 24 nitrogen and oxygen atoms in total. The van der Waals surface area contributed by atoms with Gasteiger partial charge in [-0.25, -0.2) is 0 Å². The van der Waals surface area contributed by atoms with Crippen LogP contribution in [0.25, 0.3) is 22.1 Å². The average Bonchev–Trinajstić information content (AvgIpc) is 3.31. The van der Waals surface area contributed by atoms with Gasteiger partial charge in [0.1, 0.15) is 108 Å². The molecule has 368 valence electrons. The summed E-state index contributed by atoms with van der Waals surface area (Å²) in [4.78, 5) is 14.0. The summed E-state index contributed by atoms with van der Waals surface area (Å²) in [6, 6.07) is 7.89. The molecule has 0 bridgehead atoms. The maximum absolute atomic E-state index is 14.0. The molecule has 4 saturated heterocycles. The van der Waals surface area contributed by atoms with Crippen molar-refractivity contribution in [1.82, 2.24) is 0 Å². The van der Waals surface area contributed by atoms with Crippen LogP contribution in [0.3, 0.4) is 0 Å².